The van der Waals surface area contributed by atoms with Crippen LogP contribution in [0.4, 0.5) is 0 Å². The minimum absolute atomic E-state index is 0.423. The van der Waals surface area contributed by atoms with E-state index >= 15 is 0 Å². The Labute approximate surface area is 74.0 Å². The van der Waals surface area contributed by atoms with Gasteiger partial charge in [0, 0.05) is 0 Å². The smallest absolute Gasteiger partial charge is 0.394 e. The predicted octanol–water partition coefficient (Wildman–Crippen LogP) is 1.33. The Bertz CT molecular complexity index is 363. The minimum atomic E-state index is -1.39. The first-order chi connectivity index (χ1) is 6.16. The van der Waals surface area contributed by atoms with E-state index in [0.29, 0.717) is 11.5 Å². The number of hydrogen-bond acceptors (Lipinski definition) is 4. The molecule has 68 valence electrons. The molecule has 1 aliphatic rings. The van der Waals surface area contributed by atoms with E-state index < -0.39 is 11.3 Å². The summed E-state index contributed by atoms with van der Waals surface area (Å²) >= 11 is 0. The van der Waals surface area contributed by atoms with E-state index in [-0.39, 0.29) is 0 Å². The van der Waals surface area contributed by atoms with Crippen molar-refractivity contribution in [1.82, 2.24) is 0 Å². The van der Waals surface area contributed by atoms with Crippen LogP contribution in [0.3, 0.4) is 0 Å². The highest BCUT2D eigenvalue weighted by Crippen LogP contribution is 2.35. The Hall–Kier alpha value is -1.78. The molecular weight excluding hydrogens is 174 g/mol. The molecule has 0 saturated heterocycles. The molecule has 0 aromatic heterocycles. The SMILES string of the molecule is Cc1ccc2c(c1)OC([N+](=O)[O-])O2. The second-order valence-electron chi connectivity index (χ2n) is 2.78. The number of aryl methyl sites for hydroxylation is 1. The fraction of sp³-hybridized carbons (Fsp3) is 0.250. The molecule has 1 aromatic rings. The summed E-state index contributed by atoms with van der Waals surface area (Å²) in [5, 5.41) is 10.3. The Morgan fingerprint density at radius 3 is 2.77 bits per heavy atom. The molecule has 0 aliphatic carbocycles. The first kappa shape index (κ1) is 7.85. The lowest BCUT2D eigenvalue weighted by Crippen LogP contribution is -2.27. The number of ether oxygens (including phenoxy) is 2. The maximum atomic E-state index is 10.3. The van der Waals surface area contributed by atoms with Gasteiger partial charge in [0.05, 0.1) is 0 Å². The molecule has 5 nitrogen and oxygen atoms in total. The molecule has 13 heavy (non-hydrogen) atoms. The second-order valence-corrected chi connectivity index (χ2v) is 2.78. The van der Waals surface area contributed by atoms with Crippen LogP contribution in [0.25, 0.3) is 0 Å². The fourth-order valence-corrected chi connectivity index (χ4v) is 1.13. The van der Waals surface area contributed by atoms with Crippen molar-refractivity contribution in [3.05, 3.63) is 33.9 Å². The molecule has 0 spiro atoms. The van der Waals surface area contributed by atoms with E-state index in [9.17, 15) is 10.1 Å². The molecule has 5 heteroatoms. The maximum Gasteiger partial charge on any atom is 0.517 e. The van der Waals surface area contributed by atoms with Crippen molar-refractivity contribution in [3.8, 4) is 11.5 Å². The number of fused-ring (bicyclic) bond motifs is 1. The standard InChI is InChI=1S/C8H7NO4/c1-5-2-3-6-7(4-5)13-8(12-6)9(10)11/h2-4,8H,1H3. The van der Waals surface area contributed by atoms with Crippen LogP contribution in [0.15, 0.2) is 18.2 Å². The van der Waals surface area contributed by atoms with Gasteiger partial charge in [-0.2, -0.15) is 0 Å². The third kappa shape index (κ3) is 1.28. The van der Waals surface area contributed by atoms with Gasteiger partial charge >= 0.3 is 6.41 Å². The molecule has 2 rings (SSSR count). The van der Waals surface area contributed by atoms with Crippen molar-refractivity contribution in [2.75, 3.05) is 0 Å². The normalized spacial score (nSPS) is 18.7. The highest BCUT2D eigenvalue weighted by atomic mass is 16.8. The zero-order chi connectivity index (χ0) is 9.42. The van der Waals surface area contributed by atoms with E-state index in [4.69, 9.17) is 9.47 Å². The van der Waals surface area contributed by atoms with Crippen LogP contribution < -0.4 is 9.47 Å². The summed E-state index contributed by atoms with van der Waals surface area (Å²) in [5.74, 6) is 0.856. The van der Waals surface area contributed by atoms with E-state index in [1.54, 1.807) is 12.1 Å². The van der Waals surface area contributed by atoms with E-state index in [1.807, 2.05) is 13.0 Å². The molecule has 1 aliphatic heterocycles. The van der Waals surface area contributed by atoms with Gasteiger partial charge < -0.3 is 9.47 Å². The maximum absolute atomic E-state index is 10.3. The summed E-state index contributed by atoms with van der Waals surface area (Å²) in [4.78, 5) is 9.69. The molecule has 0 saturated carbocycles. The van der Waals surface area contributed by atoms with Crippen molar-refractivity contribution in [1.29, 1.82) is 0 Å². The molecular formula is C8H7NO4. The molecule has 1 aromatic carbocycles. The summed E-state index contributed by atoms with van der Waals surface area (Å²) in [5.41, 5.74) is 0.978. The topological polar surface area (TPSA) is 61.6 Å². The summed E-state index contributed by atoms with van der Waals surface area (Å²) in [6.45, 7) is 1.88. The van der Waals surface area contributed by atoms with Crippen LogP contribution in [-0.4, -0.2) is 11.3 Å². The third-order valence-corrected chi connectivity index (χ3v) is 1.73. The Morgan fingerprint density at radius 2 is 2.08 bits per heavy atom. The fourth-order valence-electron chi connectivity index (χ4n) is 1.13. The van der Waals surface area contributed by atoms with Gasteiger partial charge in [-0.05, 0) is 24.6 Å². The van der Waals surface area contributed by atoms with Crippen molar-refractivity contribution in [2.24, 2.45) is 0 Å². The summed E-state index contributed by atoms with van der Waals surface area (Å²) < 4.78 is 9.83. The number of nitro groups is 1. The van der Waals surface area contributed by atoms with Gasteiger partial charge in [0.25, 0.3) is 0 Å². The zero-order valence-corrected chi connectivity index (χ0v) is 6.89. The van der Waals surface area contributed by atoms with Crippen molar-refractivity contribution in [2.45, 2.75) is 13.3 Å². The van der Waals surface area contributed by atoms with Gasteiger partial charge in [-0.25, -0.2) is 0 Å². The van der Waals surface area contributed by atoms with E-state index in [1.165, 1.54) is 0 Å². The van der Waals surface area contributed by atoms with Crippen LogP contribution in [0.1, 0.15) is 5.56 Å². The van der Waals surface area contributed by atoms with Crippen molar-refractivity contribution < 1.29 is 14.4 Å². The first-order valence-corrected chi connectivity index (χ1v) is 3.74. The van der Waals surface area contributed by atoms with E-state index in [2.05, 4.69) is 0 Å². The molecule has 0 bridgehead atoms. The average Bonchev–Trinajstić information content (AvgIpc) is 2.46. The summed E-state index contributed by atoms with van der Waals surface area (Å²) in [7, 11) is 0. The van der Waals surface area contributed by atoms with Crippen molar-refractivity contribution >= 4 is 0 Å². The molecule has 1 atom stereocenters. The van der Waals surface area contributed by atoms with Gasteiger partial charge in [-0.1, -0.05) is 6.07 Å². The largest absolute Gasteiger partial charge is 0.517 e. The Morgan fingerprint density at radius 1 is 1.38 bits per heavy atom. The van der Waals surface area contributed by atoms with Gasteiger partial charge in [0.1, 0.15) is 4.92 Å². The zero-order valence-electron chi connectivity index (χ0n) is 6.89. The Kier molecular flexibility index (Phi) is 1.58. The average molecular weight is 181 g/mol. The highest BCUT2D eigenvalue weighted by Gasteiger charge is 2.33. The lowest BCUT2D eigenvalue weighted by molar-refractivity contribution is -0.600. The van der Waals surface area contributed by atoms with Crippen LogP contribution in [0.2, 0.25) is 0 Å². The predicted molar refractivity (Wildman–Crippen MR) is 43.2 cm³/mol. The summed E-state index contributed by atoms with van der Waals surface area (Å²) in [6.07, 6.45) is -1.39. The summed E-state index contributed by atoms with van der Waals surface area (Å²) in [6, 6.07) is 5.18. The van der Waals surface area contributed by atoms with Gasteiger partial charge in [-0.15, -0.1) is 0 Å². The van der Waals surface area contributed by atoms with Gasteiger partial charge in [-0.3, -0.25) is 10.1 Å². The lowest BCUT2D eigenvalue weighted by Gasteiger charge is -1.98. The van der Waals surface area contributed by atoms with Crippen molar-refractivity contribution in [3.63, 3.8) is 0 Å². The first-order valence-electron chi connectivity index (χ1n) is 3.74. The number of rotatable bonds is 1. The molecule has 0 radical (unpaired) electrons. The number of nitrogens with zero attached hydrogens (tertiary/aromatic N) is 1. The number of benzene rings is 1. The third-order valence-electron chi connectivity index (χ3n) is 1.73. The van der Waals surface area contributed by atoms with Crippen LogP contribution in [0, 0.1) is 17.0 Å². The highest BCUT2D eigenvalue weighted by molar-refractivity contribution is 5.44. The molecule has 1 heterocycles. The quantitative estimate of drug-likeness (QED) is 0.484. The monoisotopic (exact) mass is 181 g/mol. The molecule has 0 fully saturated rings. The molecule has 0 amide bonds. The van der Waals surface area contributed by atoms with Crippen LogP contribution >= 0.6 is 0 Å². The van der Waals surface area contributed by atoms with Gasteiger partial charge in [0.2, 0.25) is 0 Å². The minimum Gasteiger partial charge on any atom is -0.394 e. The Balaban J connectivity index is 2.30. The molecule has 0 N–H and O–H groups in total. The van der Waals surface area contributed by atoms with E-state index in [0.717, 1.165) is 5.56 Å². The van der Waals surface area contributed by atoms with Gasteiger partial charge in [0.15, 0.2) is 11.5 Å². The lowest BCUT2D eigenvalue weighted by atomic mass is 10.2. The number of hydrogen-bond donors (Lipinski definition) is 0. The van der Waals surface area contributed by atoms with Crippen LogP contribution in [-0.2, 0) is 0 Å². The van der Waals surface area contributed by atoms with Crippen LogP contribution in [0.5, 0.6) is 11.5 Å². The second kappa shape index (κ2) is 2.62. The molecule has 1 unspecified atom stereocenters.